The standard InChI is InChI=1S/C15H9N3O6/c19-13-9-6-5-8(15(21)22)7-10(9)14(20)17(13)16-11-3-1-2-4-12(11)18(23)24/h1-7,16H,(H,21,22)/p-1. The van der Waals surface area contributed by atoms with E-state index in [-0.39, 0.29) is 28.1 Å². The van der Waals surface area contributed by atoms with Crippen LogP contribution >= 0.6 is 0 Å². The summed E-state index contributed by atoms with van der Waals surface area (Å²) in [6.45, 7) is 0. The van der Waals surface area contributed by atoms with Gasteiger partial charge in [0.2, 0.25) is 0 Å². The second-order valence-electron chi connectivity index (χ2n) is 4.88. The molecule has 1 aliphatic heterocycles. The number of hydrogen-bond donors (Lipinski definition) is 1. The van der Waals surface area contributed by atoms with E-state index in [1.54, 1.807) is 0 Å². The van der Waals surface area contributed by atoms with Crippen LogP contribution in [0.15, 0.2) is 42.5 Å². The summed E-state index contributed by atoms with van der Waals surface area (Å²) in [5.41, 5.74) is 1.69. The normalized spacial score (nSPS) is 12.9. The first kappa shape index (κ1) is 15.2. The quantitative estimate of drug-likeness (QED) is 0.493. The van der Waals surface area contributed by atoms with Gasteiger partial charge in [-0.25, -0.2) is 0 Å². The van der Waals surface area contributed by atoms with Crippen LogP contribution in [0.5, 0.6) is 0 Å². The first-order chi connectivity index (χ1) is 11.4. The lowest BCUT2D eigenvalue weighted by Gasteiger charge is -2.16. The predicted octanol–water partition coefficient (Wildman–Crippen LogP) is 0.581. The summed E-state index contributed by atoms with van der Waals surface area (Å²) in [5, 5.41) is 22.5. The molecule has 0 unspecified atom stereocenters. The van der Waals surface area contributed by atoms with Crippen molar-refractivity contribution in [1.29, 1.82) is 0 Å². The topological polar surface area (TPSA) is 133 Å². The maximum atomic E-state index is 12.3. The number of imide groups is 1. The zero-order chi connectivity index (χ0) is 17.4. The Labute approximate surface area is 134 Å². The average molecular weight is 326 g/mol. The third-order valence-electron chi connectivity index (χ3n) is 3.46. The van der Waals surface area contributed by atoms with E-state index in [2.05, 4.69) is 5.43 Å². The van der Waals surface area contributed by atoms with Crippen molar-refractivity contribution >= 4 is 29.2 Å². The lowest BCUT2D eigenvalue weighted by molar-refractivity contribution is -0.384. The summed E-state index contributed by atoms with van der Waals surface area (Å²) in [6, 6.07) is 8.88. The molecule has 0 saturated heterocycles. The van der Waals surface area contributed by atoms with Gasteiger partial charge in [-0.15, -0.1) is 0 Å². The number of hydrazine groups is 1. The van der Waals surface area contributed by atoms with Crippen molar-refractivity contribution in [2.45, 2.75) is 0 Å². The van der Waals surface area contributed by atoms with Crippen LogP contribution in [0.25, 0.3) is 0 Å². The van der Waals surface area contributed by atoms with Crippen LogP contribution in [0, 0.1) is 10.1 Å². The number of amides is 2. The zero-order valence-corrected chi connectivity index (χ0v) is 11.9. The molecule has 0 saturated carbocycles. The zero-order valence-electron chi connectivity index (χ0n) is 11.9. The summed E-state index contributed by atoms with van der Waals surface area (Å²) in [7, 11) is 0. The van der Waals surface area contributed by atoms with Crippen LogP contribution in [0.2, 0.25) is 0 Å². The number of para-hydroxylation sites is 2. The van der Waals surface area contributed by atoms with Crippen molar-refractivity contribution in [2.24, 2.45) is 0 Å². The number of carbonyl (C=O) groups is 3. The largest absolute Gasteiger partial charge is 0.545 e. The van der Waals surface area contributed by atoms with Gasteiger partial charge in [0.1, 0.15) is 5.69 Å². The summed E-state index contributed by atoms with van der Waals surface area (Å²) < 4.78 is 0. The van der Waals surface area contributed by atoms with Crippen LogP contribution in [-0.2, 0) is 0 Å². The first-order valence-electron chi connectivity index (χ1n) is 6.64. The van der Waals surface area contributed by atoms with Gasteiger partial charge in [-0.3, -0.25) is 25.1 Å². The SMILES string of the molecule is O=C([O-])c1ccc2c(c1)C(=O)N(Nc1ccccc1[N+](=O)[O-])C2=O. The number of benzene rings is 2. The smallest absolute Gasteiger partial charge is 0.294 e. The summed E-state index contributed by atoms with van der Waals surface area (Å²) >= 11 is 0. The second kappa shape index (κ2) is 5.47. The number of aromatic carboxylic acids is 1. The molecule has 2 aromatic rings. The van der Waals surface area contributed by atoms with Crippen LogP contribution < -0.4 is 10.5 Å². The number of rotatable bonds is 4. The van der Waals surface area contributed by atoms with E-state index in [4.69, 9.17) is 0 Å². The van der Waals surface area contributed by atoms with Gasteiger partial charge in [-0.05, 0) is 23.8 Å². The van der Waals surface area contributed by atoms with E-state index < -0.39 is 22.7 Å². The molecule has 1 aliphatic rings. The molecular formula is C15H8N3O6-. The Morgan fingerprint density at radius 1 is 1.04 bits per heavy atom. The van der Waals surface area contributed by atoms with Crippen molar-refractivity contribution in [3.63, 3.8) is 0 Å². The molecule has 3 rings (SSSR count). The second-order valence-corrected chi connectivity index (χ2v) is 4.88. The number of carbonyl (C=O) groups excluding carboxylic acids is 3. The Bertz CT molecular complexity index is 908. The average Bonchev–Trinajstić information content (AvgIpc) is 2.79. The molecule has 120 valence electrons. The molecule has 0 spiro atoms. The highest BCUT2D eigenvalue weighted by Crippen LogP contribution is 2.28. The Balaban J connectivity index is 1.97. The van der Waals surface area contributed by atoms with E-state index in [1.165, 1.54) is 30.3 Å². The number of nitrogens with zero attached hydrogens (tertiary/aromatic N) is 2. The van der Waals surface area contributed by atoms with Crippen molar-refractivity contribution in [1.82, 2.24) is 5.01 Å². The minimum atomic E-state index is -1.48. The summed E-state index contributed by atoms with van der Waals surface area (Å²) in [4.78, 5) is 45.8. The van der Waals surface area contributed by atoms with Crippen molar-refractivity contribution in [2.75, 3.05) is 5.43 Å². The monoisotopic (exact) mass is 326 g/mol. The molecule has 0 atom stereocenters. The highest BCUT2D eigenvalue weighted by Gasteiger charge is 2.37. The lowest BCUT2D eigenvalue weighted by atomic mass is 10.1. The molecule has 0 fully saturated rings. The maximum Gasteiger partial charge on any atom is 0.294 e. The molecule has 9 nitrogen and oxygen atoms in total. The Kier molecular flexibility index (Phi) is 3.45. The molecule has 2 aromatic carbocycles. The number of carboxylic acid groups (broad SMARTS) is 1. The van der Waals surface area contributed by atoms with Gasteiger partial charge in [0.25, 0.3) is 17.5 Å². The number of nitrogens with one attached hydrogen (secondary N) is 1. The lowest BCUT2D eigenvalue weighted by Crippen LogP contribution is -2.35. The highest BCUT2D eigenvalue weighted by molar-refractivity contribution is 6.22. The van der Waals surface area contributed by atoms with E-state index in [0.29, 0.717) is 5.01 Å². The third-order valence-corrected chi connectivity index (χ3v) is 3.46. The number of carboxylic acids is 1. The summed E-state index contributed by atoms with van der Waals surface area (Å²) in [6.07, 6.45) is 0. The van der Waals surface area contributed by atoms with Crippen LogP contribution in [0.3, 0.4) is 0 Å². The van der Waals surface area contributed by atoms with Crippen LogP contribution in [-0.4, -0.2) is 27.7 Å². The molecule has 0 radical (unpaired) electrons. The van der Waals surface area contributed by atoms with Gasteiger partial charge < -0.3 is 9.90 Å². The Morgan fingerprint density at radius 3 is 2.38 bits per heavy atom. The van der Waals surface area contributed by atoms with Gasteiger partial charge in [-0.1, -0.05) is 18.2 Å². The van der Waals surface area contributed by atoms with Gasteiger partial charge in [0.15, 0.2) is 0 Å². The third kappa shape index (κ3) is 2.33. The van der Waals surface area contributed by atoms with Crippen molar-refractivity contribution in [3.8, 4) is 0 Å². The molecule has 1 heterocycles. The number of nitro benzene ring substituents is 1. The van der Waals surface area contributed by atoms with Crippen molar-refractivity contribution < 1.29 is 24.4 Å². The van der Waals surface area contributed by atoms with E-state index >= 15 is 0 Å². The highest BCUT2D eigenvalue weighted by atomic mass is 16.6. The maximum absolute atomic E-state index is 12.3. The molecule has 0 aromatic heterocycles. The number of nitro groups is 1. The predicted molar refractivity (Wildman–Crippen MR) is 78.0 cm³/mol. The van der Waals surface area contributed by atoms with Crippen LogP contribution in [0.4, 0.5) is 11.4 Å². The Hall–Kier alpha value is -3.75. The fourth-order valence-electron chi connectivity index (χ4n) is 2.32. The molecule has 24 heavy (non-hydrogen) atoms. The molecular weight excluding hydrogens is 318 g/mol. The fourth-order valence-corrected chi connectivity index (χ4v) is 2.32. The van der Waals surface area contributed by atoms with Gasteiger partial charge in [0.05, 0.1) is 22.0 Å². The van der Waals surface area contributed by atoms with E-state index in [0.717, 1.165) is 12.1 Å². The number of hydrogen-bond acceptors (Lipinski definition) is 7. The van der Waals surface area contributed by atoms with Crippen LogP contribution in [0.1, 0.15) is 31.1 Å². The Morgan fingerprint density at radius 2 is 1.71 bits per heavy atom. The fraction of sp³-hybridized carbons (Fsp3) is 0. The molecule has 2 amide bonds. The van der Waals surface area contributed by atoms with Crippen molar-refractivity contribution in [3.05, 3.63) is 69.3 Å². The number of anilines is 1. The minimum Gasteiger partial charge on any atom is -0.545 e. The molecule has 0 aliphatic carbocycles. The van der Waals surface area contributed by atoms with Gasteiger partial charge >= 0.3 is 0 Å². The van der Waals surface area contributed by atoms with E-state index in [9.17, 15) is 29.6 Å². The molecule has 1 N–H and O–H groups in total. The molecule has 0 bridgehead atoms. The minimum absolute atomic E-state index is 0.00363. The summed E-state index contributed by atoms with van der Waals surface area (Å²) in [5.74, 6) is -3.03. The molecule has 9 heteroatoms. The number of fused-ring (bicyclic) bond motifs is 1. The van der Waals surface area contributed by atoms with E-state index in [1.807, 2.05) is 0 Å². The first-order valence-corrected chi connectivity index (χ1v) is 6.64. The van der Waals surface area contributed by atoms with Gasteiger partial charge in [0, 0.05) is 6.07 Å². The van der Waals surface area contributed by atoms with Gasteiger partial charge in [-0.2, -0.15) is 5.01 Å².